The van der Waals surface area contributed by atoms with Crippen LogP contribution in [0.25, 0.3) is 0 Å². The average Bonchev–Trinajstić information content (AvgIpc) is 2.60. The third-order valence-electron chi connectivity index (χ3n) is 5.57. The molecule has 0 saturated heterocycles. The summed E-state index contributed by atoms with van der Waals surface area (Å²) >= 11 is 6.12. The highest BCUT2D eigenvalue weighted by Gasteiger charge is 2.35. The Morgan fingerprint density at radius 1 is 1.30 bits per heavy atom. The van der Waals surface area contributed by atoms with Crippen molar-refractivity contribution in [2.45, 2.75) is 52.5 Å². The normalized spacial score (nSPS) is 18.6. The predicted octanol–water partition coefficient (Wildman–Crippen LogP) is 6.52. The fraction of sp³-hybridized carbons (Fsp3) is 0.435. The summed E-state index contributed by atoms with van der Waals surface area (Å²) in [5.74, 6) is 1.24. The van der Waals surface area contributed by atoms with Crippen LogP contribution in [0.3, 0.4) is 0 Å². The summed E-state index contributed by atoms with van der Waals surface area (Å²) in [6.07, 6.45) is 3.07. The van der Waals surface area contributed by atoms with Crippen molar-refractivity contribution in [3.05, 3.63) is 52.0 Å². The second-order valence-electron chi connectivity index (χ2n) is 8.00. The fourth-order valence-corrected chi connectivity index (χ4v) is 4.46. The van der Waals surface area contributed by atoms with Crippen molar-refractivity contribution in [3.8, 4) is 5.75 Å². The van der Waals surface area contributed by atoms with Gasteiger partial charge in [0.25, 0.3) is 0 Å². The van der Waals surface area contributed by atoms with Crippen molar-refractivity contribution >= 4 is 29.2 Å². The third kappa shape index (κ3) is 3.84. The van der Waals surface area contributed by atoms with Gasteiger partial charge < -0.3 is 9.64 Å². The van der Waals surface area contributed by atoms with Crippen molar-refractivity contribution in [2.75, 3.05) is 18.6 Å². The van der Waals surface area contributed by atoms with Crippen molar-refractivity contribution in [1.29, 1.82) is 0 Å². The van der Waals surface area contributed by atoms with Crippen molar-refractivity contribution in [1.82, 2.24) is 0 Å². The van der Waals surface area contributed by atoms with E-state index in [2.05, 4.69) is 56.6 Å². The summed E-state index contributed by atoms with van der Waals surface area (Å²) in [7, 11) is 1.65. The van der Waals surface area contributed by atoms with Gasteiger partial charge >= 0.3 is 0 Å². The number of aryl methyl sites for hydroxylation is 1. The molecule has 1 aliphatic rings. The van der Waals surface area contributed by atoms with Crippen LogP contribution >= 0.6 is 11.6 Å². The topological polar surface area (TPSA) is 24.8 Å². The molecule has 1 unspecified atom stereocenters. The van der Waals surface area contributed by atoms with E-state index in [0.29, 0.717) is 10.9 Å². The lowest BCUT2D eigenvalue weighted by molar-refractivity contribution is 0.381. The molecule has 1 atom stereocenters. The average molecular weight is 385 g/mol. The summed E-state index contributed by atoms with van der Waals surface area (Å²) in [6, 6.07) is 10.1. The molecular weight excluding hydrogens is 356 g/mol. The van der Waals surface area contributed by atoms with Crippen molar-refractivity contribution in [3.63, 3.8) is 0 Å². The lowest BCUT2D eigenvalue weighted by Gasteiger charge is -2.47. The van der Waals surface area contributed by atoms with Crippen LogP contribution in [-0.2, 0) is 0 Å². The van der Waals surface area contributed by atoms with E-state index < -0.39 is 0 Å². The van der Waals surface area contributed by atoms with E-state index in [1.54, 1.807) is 7.11 Å². The lowest BCUT2D eigenvalue weighted by Crippen LogP contribution is -2.48. The van der Waals surface area contributed by atoms with Gasteiger partial charge in [-0.05, 0) is 87.1 Å². The van der Waals surface area contributed by atoms with Gasteiger partial charge in [0.15, 0.2) is 0 Å². The molecule has 0 saturated carbocycles. The molecule has 3 nitrogen and oxygen atoms in total. The Labute approximate surface area is 168 Å². The lowest BCUT2D eigenvalue weighted by atomic mass is 9.79. The number of aliphatic imine (C=N–C) groups is 1. The number of nitrogens with zero attached hydrogens (tertiary/aromatic N) is 2. The first-order valence-corrected chi connectivity index (χ1v) is 9.94. The Morgan fingerprint density at radius 2 is 2.04 bits per heavy atom. The number of methoxy groups -OCH3 is 1. The first-order valence-electron chi connectivity index (χ1n) is 9.56. The Balaban J connectivity index is 2.02. The van der Waals surface area contributed by atoms with Crippen molar-refractivity contribution < 1.29 is 4.74 Å². The molecule has 2 aromatic rings. The minimum absolute atomic E-state index is 0.178. The number of halogens is 1. The smallest absolute Gasteiger partial charge is 0.144 e. The van der Waals surface area contributed by atoms with Crippen molar-refractivity contribution in [2.24, 2.45) is 4.99 Å². The molecule has 0 N–H and O–H groups in total. The highest BCUT2D eigenvalue weighted by atomic mass is 35.5. The van der Waals surface area contributed by atoms with E-state index in [4.69, 9.17) is 16.3 Å². The van der Waals surface area contributed by atoms with Gasteiger partial charge in [0.05, 0.1) is 7.11 Å². The quantitative estimate of drug-likeness (QED) is 0.560. The molecule has 0 spiro atoms. The second kappa shape index (κ2) is 7.55. The number of hydrogen-bond donors (Lipinski definition) is 0. The zero-order valence-electron chi connectivity index (χ0n) is 17.1. The van der Waals surface area contributed by atoms with Crippen LogP contribution in [0, 0.1) is 6.92 Å². The van der Waals surface area contributed by atoms with Crippen LogP contribution in [0.15, 0.2) is 35.3 Å². The maximum Gasteiger partial charge on any atom is 0.144 e. The summed E-state index contributed by atoms with van der Waals surface area (Å²) in [6.45, 7) is 12.4. The summed E-state index contributed by atoms with van der Waals surface area (Å²) in [4.78, 5) is 7.19. The summed E-state index contributed by atoms with van der Waals surface area (Å²) in [5.41, 5.74) is 6.04. The Kier molecular flexibility index (Phi) is 5.53. The molecule has 4 heteroatoms. The number of hydrogen-bond acceptors (Lipinski definition) is 3. The minimum Gasteiger partial charge on any atom is -0.494 e. The summed E-state index contributed by atoms with van der Waals surface area (Å²) in [5, 5.41) is 0.652. The van der Waals surface area contributed by atoms with Crippen LogP contribution < -0.4 is 9.64 Å². The molecular formula is C23H29ClN2O. The van der Waals surface area contributed by atoms with Crippen LogP contribution in [0.4, 0.5) is 11.4 Å². The molecule has 0 aliphatic carbocycles. The van der Waals surface area contributed by atoms with Gasteiger partial charge in [0, 0.05) is 29.0 Å². The monoisotopic (exact) mass is 384 g/mol. The first-order chi connectivity index (χ1) is 12.8. The van der Waals surface area contributed by atoms with Crippen LogP contribution in [0.5, 0.6) is 5.75 Å². The number of rotatable bonds is 4. The van der Waals surface area contributed by atoms with E-state index in [1.807, 2.05) is 24.4 Å². The Hall–Kier alpha value is -2.00. The fourth-order valence-electron chi connectivity index (χ4n) is 4.29. The molecule has 27 heavy (non-hydrogen) atoms. The van der Waals surface area contributed by atoms with Gasteiger partial charge in [-0.25, -0.2) is 0 Å². The Morgan fingerprint density at radius 3 is 2.70 bits per heavy atom. The maximum absolute atomic E-state index is 6.12. The van der Waals surface area contributed by atoms with E-state index in [-0.39, 0.29) is 5.54 Å². The maximum atomic E-state index is 6.12. The van der Waals surface area contributed by atoms with Gasteiger partial charge in [0.2, 0.25) is 0 Å². The van der Waals surface area contributed by atoms with Gasteiger partial charge in [-0.15, -0.1) is 0 Å². The van der Waals surface area contributed by atoms with Crippen LogP contribution in [0.2, 0.25) is 5.02 Å². The largest absolute Gasteiger partial charge is 0.494 e. The molecule has 1 aliphatic heterocycles. The second-order valence-corrected chi connectivity index (χ2v) is 8.44. The highest BCUT2D eigenvalue weighted by Crippen LogP contribution is 2.44. The van der Waals surface area contributed by atoms with E-state index >= 15 is 0 Å². The zero-order valence-corrected chi connectivity index (χ0v) is 17.9. The summed E-state index contributed by atoms with van der Waals surface area (Å²) < 4.78 is 5.40. The van der Waals surface area contributed by atoms with Gasteiger partial charge in [0.1, 0.15) is 11.4 Å². The molecule has 144 valence electrons. The molecule has 3 rings (SSSR count). The minimum atomic E-state index is 0.178. The molecule has 0 amide bonds. The highest BCUT2D eigenvalue weighted by molar-refractivity contribution is 6.30. The van der Waals surface area contributed by atoms with Gasteiger partial charge in [-0.2, -0.15) is 0 Å². The van der Waals surface area contributed by atoms with Gasteiger partial charge in [-0.3, -0.25) is 4.99 Å². The predicted molar refractivity (Wildman–Crippen MR) is 117 cm³/mol. The zero-order chi connectivity index (χ0) is 19.8. The molecule has 0 radical (unpaired) electrons. The third-order valence-corrected chi connectivity index (χ3v) is 5.81. The molecule has 1 heterocycles. The number of anilines is 1. The number of benzene rings is 2. The standard InChI is InChI=1S/C23H29ClN2O/c1-7-26-21-10-15(2)17(11-19(21)16(3)13-23(26,4)5)14-25-20-12-18(24)8-9-22(20)27-6/h8-12,14,16H,7,13H2,1-6H3. The van der Waals surface area contributed by atoms with Crippen LogP contribution in [-0.4, -0.2) is 25.4 Å². The van der Waals surface area contributed by atoms with Gasteiger partial charge in [-0.1, -0.05) is 18.5 Å². The first kappa shape index (κ1) is 19.8. The SMILES string of the molecule is CCN1c2cc(C)c(C=Nc3cc(Cl)ccc3OC)cc2C(C)CC1(C)C. The molecule has 0 fully saturated rings. The molecule has 0 aromatic heterocycles. The Bertz CT molecular complexity index is 873. The van der Waals surface area contributed by atoms with E-state index in [1.165, 1.54) is 16.8 Å². The van der Waals surface area contributed by atoms with Crippen LogP contribution in [0.1, 0.15) is 56.7 Å². The number of ether oxygens (including phenoxy) is 1. The van der Waals surface area contributed by atoms with E-state index in [9.17, 15) is 0 Å². The van der Waals surface area contributed by atoms with E-state index in [0.717, 1.165) is 30.0 Å². The molecule has 0 bridgehead atoms. The molecule has 2 aromatic carbocycles. The number of fused-ring (bicyclic) bond motifs is 1.